The molecule has 1 N–H and O–H groups in total. The first-order valence-corrected chi connectivity index (χ1v) is 6.85. The van der Waals surface area contributed by atoms with Crippen molar-refractivity contribution >= 4 is 5.69 Å². The van der Waals surface area contributed by atoms with Gasteiger partial charge in [-0.05, 0) is 6.07 Å². The number of aliphatic hydroxyl groups excluding tert-OH is 1. The molecule has 110 valence electrons. The Labute approximate surface area is 124 Å². The highest BCUT2D eigenvalue weighted by Crippen LogP contribution is 2.36. The van der Waals surface area contributed by atoms with Crippen LogP contribution in [0.5, 0.6) is 0 Å². The van der Waals surface area contributed by atoms with E-state index in [1.54, 1.807) is 12.1 Å². The summed E-state index contributed by atoms with van der Waals surface area (Å²) >= 11 is 0. The zero-order valence-corrected chi connectivity index (χ0v) is 12.0. The summed E-state index contributed by atoms with van der Waals surface area (Å²) in [4.78, 5) is 10.8. The lowest BCUT2D eigenvalue weighted by Gasteiger charge is -2.51. The Kier molecular flexibility index (Phi) is 4.32. The fourth-order valence-electron chi connectivity index (χ4n) is 3.66. The number of hydrogen-bond donors (Lipinski definition) is 1. The van der Waals surface area contributed by atoms with Crippen molar-refractivity contribution in [2.45, 2.75) is 25.5 Å². The topological polar surface area (TPSA) is 63.4 Å². The molecule has 1 aromatic rings. The Morgan fingerprint density at radius 3 is 2.55 bits per heavy atom. The molecule has 0 saturated carbocycles. The molecule has 0 aromatic heterocycles. The first-order chi connectivity index (χ1) is 9.10. The zero-order chi connectivity index (χ0) is 13.5. The number of rotatable bonds is 3. The van der Waals surface area contributed by atoms with Gasteiger partial charge < -0.3 is 22.0 Å². The number of halogens is 1. The van der Waals surface area contributed by atoms with Gasteiger partial charge in [-0.2, -0.15) is 0 Å². The molecule has 6 heteroatoms. The van der Waals surface area contributed by atoms with Crippen molar-refractivity contribution in [3.63, 3.8) is 0 Å². The lowest BCUT2D eigenvalue weighted by atomic mass is 9.83. The molecule has 4 rings (SSSR count). The van der Waals surface area contributed by atoms with Gasteiger partial charge in [0.1, 0.15) is 19.2 Å². The number of para-hydroxylation sites is 1. The van der Waals surface area contributed by atoms with Crippen LogP contribution in [0, 0.1) is 16.0 Å². The maximum absolute atomic E-state index is 11.1. The van der Waals surface area contributed by atoms with Gasteiger partial charge in [0.25, 0.3) is 5.69 Å². The van der Waals surface area contributed by atoms with E-state index in [0.29, 0.717) is 12.5 Å². The van der Waals surface area contributed by atoms with Crippen LogP contribution in [0.1, 0.15) is 18.4 Å². The third-order valence-electron chi connectivity index (χ3n) is 4.76. The third kappa shape index (κ3) is 2.66. The number of quaternary nitrogens is 1. The van der Waals surface area contributed by atoms with E-state index in [0.717, 1.165) is 42.5 Å². The lowest BCUT2D eigenvalue weighted by Crippen LogP contribution is -3.00. The molecule has 3 fully saturated rings. The van der Waals surface area contributed by atoms with Gasteiger partial charge in [0.2, 0.25) is 0 Å². The fraction of sp³-hybridized carbons (Fsp3) is 0.571. The Bertz CT molecular complexity index is 501. The van der Waals surface area contributed by atoms with Crippen molar-refractivity contribution in [2.24, 2.45) is 5.92 Å². The maximum Gasteiger partial charge on any atom is 0.278 e. The number of nitro groups is 1. The van der Waals surface area contributed by atoms with Crippen molar-refractivity contribution in [2.75, 3.05) is 19.6 Å². The van der Waals surface area contributed by atoms with E-state index in [2.05, 4.69) is 0 Å². The summed E-state index contributed by atoms with van der Waals surface area (Å²) in [5.41, 5.74) is 0.997. The van der Waals surface area contributed by atoms with Crippen LogP contribution in [-0.2, 0) is 6.54 Å². The van der Waals surface area contributed by atoms with Gasteiger partial charge >= 0.3 is 0 Å². The fourth-order valence-corrected chi connectivity index (χ4v) is 3.66. The van der Waals surface area contributed by atoms with E-state index >= 15 is 0 Å². The summed E-state index contributed by atoms with van der Waals surface area (Å²) in [6, 6.07) is 6.98. The van der Waals surface area contributed by atoms with Gasteiger partial charge in [-0.15, -0.1) is 0 Å². The van der Waals surface area contributed by atoms with Crippen LogP contribution >= 0.6 is 0 Å². The van der Waals surface area contributed by atoms with Crippen molar-refractivity contribution in [1.82, 2.24) is 0 Å². The quantitative estimate of drug-likeness (QED) is 0.429. The Morgan fingerprint density at radius 2 is 1.95 bits per heavy atom. The average Bonchev–Trinajstić information content (AvgIpc) is 2.39. The second-order valence-electron chi connectivity index (χ2n) is 5.92. The van der Waals surface area contributed by atoms with E-state index < -0.39 is 0 Å². The number of aliphatic hydroxyl groups is 1. The first kappa shape index (κ1) is 15.2. The van der Waals surface area contributed by atoms with Crippen LogP contribution in [0.4, 0.5) is 5.69 Å². The van der Waals surface area contributed by atoms with Crippen LogP contribution in [0.3, 0.4) is 0 Å². The molecular formula is C14H19ClN2O3. The predicted octanol–water partition coefficient (Wildman–Crippen LogP) is -1.30. The molecule has 3 saturated heterocycles. The number of piperidine rings is 3. The molecule has 0 aliphatic carbocycles. The Hall–Kier alpha value is -1.17. The largest absolute Gasteiger partial charge is 1.00 e. The molecule has 20 heavy (non-hydrogen) atoms. The first-order valence-electron chi connectivity index (χ1n) is 6.85. The summed E-state index contributed by atoms with van der Waals surface area (Å²) in [7, 11) is 0. The molecule has 5 nitrogen and oxygen atoms in total. The minimum atomic E-state index is -0.305. The highest BCUT2D eigenvalue weighted by Gasteiger charge is 2.45. The summed E-state index contributed by atoms with van der Waals surface area (Å²) in [6.45, 7) is 3.49. The van der Waals surface area contributed by atoms with Gasteiger partial charge in [-0.1, -0.05) is 12.1 Å². The molecule has 0 radical (unpaired) electrons. The number of nitro benzene ring substituents is 1. The molecule has 3 aliphatic rings. The number of benzene rings is 1. The standard InChI is InChI=1S/C14H19N2O3.ClH/c17-14-10-16(7-5-11(14)6-8-16)9-12-3-1-2-4-13(12)15(18)19;/h1-4,11,14,17H,5-10H2;1H/q+1;/p-1. The van der Waals surface area contributed by atoms with Crippen LogP contribution in [0.15, 0.2) is 24.3 Å². The molecule has 3 aliphatic heterocycles. The van der Waals surface area contributed by atoms with Crippen LogP contribution < -0.4 is 12.4 Å². The van der Waals surface area contributed by atoms with E-state index in [1.807, 2.05) is 12.1 Å². The maximum atomic E-state index is 11.1. The average molecular weight is 299 g/mol. The Balaban J connectivity index is 0.00000147. The van der Waals surface area contributed by atoms with Gasteiger partial charge in [-0.25, -0.2) is 0 Å². The van der Waals surface area contributed by atoms with E-state index in [1.165, 1.54) is 0 Å². The van der Waals surface area contributed by atoms with Crippen LogP contribution in [-0.4, -0.2) is 40.3 Å². The highest BCUT2D eigenvalue weighted by atomic mass is 35.5. The molecular weight excluding hydrogens is 280 g/mol. The number of nitrogens with zero attached hydrogens (tertiary/aromatic N) is 2. The molecule has 1 aromatic carbocycles. The molecule has 2 bridgehead atoms. The minimum absolute atomic E-state index is 0. The number of fused-ring (bicyclic) bond motifs is 3. The minimum Gasteiger partial charge on any atom is -1.00 e. The van der Waals surface area contributed by atoms with E-state index in [9.17, 15) is 15.2 Å². The number of hydrogen-bond acceptors (Lipinski definition) is 3. The van der Waals surface area contributed by atoms with E-state index in [4.69, 9.17) is 0 Å². The van der Waals surface area contributed by atoms with Gasteiger partial charge in [0.15, 0.2) is 0 Å². The summed E-state index contributed by atoms with van der Waals surface area (Å²) in [5.74, 6) is 0.450. The molecule has 3 heterocycles. The van der Waals surface area contributed by atoms with Crippen molar-refractivity contribution in [1.29, 1.82) is 0 Å². The lowest BCUT2D eigenvalue weighted by molar-refractivity contribution is -0.958. The van der Waals surface area contributed by atoms with E-state index in [-0.39, 0.29) is 29.1 Å². The summed E-state index contributed by atoms with van der Waals surface area (Å²) < 4.78 is 0.808. The normalized spacial score (nSPS) is 31.6. The zero-order valence-electron chi connectivity index (χ0n) is 11.2. The SMILES string of the molecule is O=[N+]([O-])c1ccccc1C[N+]12CCC(CC1)C(O)C2.[Cl-]. The van der Waals surface area contributed by atoms with Crippen molar-refractivity contribution in [3.8, 4) is 0 Å². The molecule has 0 spiro atoms. The van der Waals surface area contributed by atoms with Crippen LogP contribution in [0.25, 0.3) is 0 Å². The second kappa shape index (κ2) is 5.68. The highest BCUT2D eigenvalue weighted by molar-refractivity contribution is 5.39. The van der Waals surface area contributed by atoms with Crippen molar-refractivity contribution < 1.29 is 26.9 Å². The summed E-state index contributed by atoms with van der Waals surface area (Å²) in [5, 5.41) is 21.2. The predicted molar refractivity (Wildman–Crippen MR) is 70.4 cm³/mol. The van der Waals surface area contributed by atoms with Gasteiger partial charge in [0.05, 0.1) is 23.6 Å². The third-order valence-corrected chi connectivity index (χ3v) is 4.76. The molecule has 0 amide bonds. The second-order valence-corrected chi connectivity index (χ2v) is 5.92. The van der Waals surface area contributed by atoms with Crippen molar-refractivity contribution in [3.05, 3.63) is 39.9 Å². The Morgan fingerprint density at radius 1 is 1.30 bits per heavy atom. The van der Waals surface area contributed by atoms with Gasteiger partial charge in [-0.3, -0.25) is 10.1 Å². The molecule has 1 atom stereocenters. The van der Waals surface area contributed by atoms with Gasteiger partial charge in [0, 0.05) is 24.8 Å². The molecule has 1 unspecified atom stereocenters. The monoisotopic (exact) mass is 298 g/mol. The van der Waals surface area contributed by atoms with Crippen LogP contribution in [0.2, 0.25) is 0 Å². The smallest absolute Gasteiger partial charge is 0.278 e. The summed E-state index contributed by atoms with van der Waals surface area (Å²) in [6.07, 6.45) is 1.86.